The van der Waals surface area contributed by atoms with Gasteiger partial charge in [0.05, 0.1) is 15.5 Å². The fourth-order valence-electron chi connectivity index (χ4n) is 3.27. The van der Waals surface area contributed by atoms with Crippen LogP contribution in [0.1, 0.15) is 29.6 Å². The molecular formula is C13H15ClN2O3S. The highest BCUT2D eigenvalue weighted by Crippen LogP contribution is 2.39. The fourth-order valence-corrected chi connectivity index (χ4v) is 4.33. The van der Waals surface area contributed by atoms with Crippen LogP contribution in [0.5, 0.6) is 0 Å². The standard InChI is InChI=1S/C13H15ClN2O3S/c14-10-2-1-3-11(20(15,18)19)12(10)13(17)16-7-8-4-5-9(16)6-8/h1-3,8-9H,4-7H2,(H2,15,18,19). The summed E-state index contributed by atoms with van der Waals surface area (Å²) in [6, 6.07) is 4.52. The molecule has 1 aliphatic carbocycles. The van der Waals surface area contributed by atoms with Crippen LogP contribution in [0.25, 0.3) is 0 Å². The molecule has 2 aliphatic rings. The number of hydrogen-bond donors (Lipinski definition) is 1. The van der Waals surface area contributed by atoms with E-state index in [1.54, 1.807) is 4.90 Å². The summed E-state index contributed by atoms with van der Waals surface area (Å²) in [4.78, 5) is 14.2. The largest absolute Gasteiger partial charge is 0.335 e. The highest BCUT2D eigenvalue weighted by molar-refractivity contribution is 7.89. The van der Waals surface area contributed by atoms with Gasteiger partial charge >= 0.3 is 0 Å². The van der Waals surface area contributed by atoms with Gasteiger partial charge < -0.3 is 4.90 Å². The summed E-state index contributed by atoms with van der Waals surface area (Å²) in [5, 5.41) is 5.31. The predicted octanol–water partition coefficient (Wildman–Crippen LogP) is 1.61. The molecule has 2 unspecified atom stereocenters. The monoisotopic (exact) mass is 314 g/mol. The maximum Gasteiger partial charge on any atom is 0.257 e. The van der Waals surface area contributed by atoms with Crippen LogP contribution >= 0.6 is 11.6 Å². The summed E-state index contributed by atoms with van der Waals surface area (Å²) in [7, 11) is -3.98. The molecule has 2 bridgehead atoms. The van der Waals surface area contributed by atoms with Crippen LogP contribution < -0.4 is 5.14 Å². The van der Waals surface area contributed by atoms with Gasteiger partial charge in [-0.25, -0.2) is 13.6 Å². The second-order valence-corrected chi connectivity index (χ2v) is 7.39. The van der Waals surface area contributed by atoms with E-state index in [-0.39, 0.29) is 27.4 Å². The molecule has 1 amide bonds. The number of primary sulfonamides is 1. The number of nitrogens with zero attached hydrogens (tertiary/aromatic N) is 1. The lowest BCUT2D eigenvalue weighted by Crippen LogP contribution is -2.38. The molecule has 0 radical (unpaired) electrons. The van der Waals surface area contributed by atoms with Gasteiger partial charge in [-0.1, -0.05) is 17.7 Å². The van der Waals surface area contributed by atoms with E-state index < -0.39 is 10.0 Å². The number of sulfonamides is 1. The second-order valence-electron chi connectivity index (χ2n) is 5.45. The Bertz CT molecular complexity index is 674. The van der Waals surface area contributed by atoms with Crippen molar-refractivity contribution in [1.82, 2.24) is 4.90 Å². The lowest BCUT2D eigenvalue weighted by molar-refractivity contribution is 0.0700. The normalized spacial score (nSPS) is 25.2. The van der Waals surface area contributed by atoms with Crippen molar-refractivity contribution in [2.45, 2.75) is 30.2 Å². The molecule has 2 atom stereocenters. The molecule has 20 heavy (non-hydrogen) atoms. The van der Waals surface area contributed by atoms with Crippen molar-refractivity contribution in [1.29, 1.82) is 0 Å². The van der Waals surface area contributed by atoms with Crippen LogP contribution in [0.15, 0.2) is 23.1 Å². The maximum atomic E-state index is 12.6. The molecule has 1 saturated carbocycles. The van der Waals surface area contributed by atoms with Gasteiger partial charge in [0.25, 0.3) is 5.91 Å². The first kappa shape index (κ1) is 13.9. The van der Waals surface area contributed by atoms with Gasteiger partial charge in [0.15, 0.2) is 0 Å². The van der Waals surface area contributed by atoms with Gasteiger partial charge in [0.1, 0.15) is 0 Å². The third kappa shape index (κ3) is 2.21. The number of hydrogen-bond acceptors (Lipinski definition) is 3. The van der Waals surface area contributed by atoms with Gasteiger partial charge in [0, 0.05) is 12.6 Å². The molecule has 5 nitrogen and oxygen atoms in total. The number of benzene rings is 1. The zero-order chi connectivity index (χ0) is 14.5. The molecule has 1 aromatic rings. The average molecular weight is 315 g/mol. The minimum Gasteiger partial charge on any atom is -0.335 e. The maximum absolute atomic E-state index is 12.6. The molecule has 0 spiro atoms. The predicted molar refractivity (Wildman–Crippen MR) is 75.0 cm³/mol. The van der Waals surface area contributed by atoms with Crippen molar-refractivity contribution in [3.05, 3.63) is 28.8 Å². The molecule has 108 valence electrons. The van der Waals surface area contributed by atoms with Crippen molar-refractivity contribution in [2.24, 2.45) is 11.1 Å². The van der Waals surface area contributed by atoms with Crippen molar-refractivity contribution in [2.75, 3.05) is 6.54 Å². The Hall–Kier alpha value is -1.11. The van der Waals surface area contributed by atoms with Gasteiger partial charge in [-0.3, -0.25) is 4.79 Å². The molecule has 1 saturated heterocycles. The third-order valence-corrected chi connectivity index (χ3v) is 5.43. The van der Waals surface area contributed by atoms with E-state index >= 15 is 0 Å². The number of piperidine rings is 1. The van der Waals surface area contributed by atoms with Crippen LogP contribution in [0.2, 0.25) is 5.02 Å². The van der Waals surface area contributed by atoms with E-state index in [0.717, 1.165) is 19.3 Å². The molecule has 2 N–H and O–H groups in total. The SMILES string of the molecule is NS(=O)(=O)c1cccc(Cl)c1C(=O)N1CC2CCC1C2. The molecule has 7 heteroatoms. The molecule has 2 fully saturated rings. The van der Waals surface area contributed by atoms with Gasteiger partial charge in [-0.05, 0) is 37.3 Å². The highest BCUT2D eigenvalue weighted by atomic mass is 35.5. The fraction of sp³-hybridized carbons (Fsp3) is 0.462. The Labute approximate surface area is 122 Å². The van der Waals surface area contributed by atoms with Crippen molar-refractivity contribution < 1.29 is 13.2 Å². The first-order valence-corrected chi connectivity index (χ1v) is 8.42. The number of amides is 1. The highest BCUT2D eigenvalue weighted by Gasteiger charge is 2.41. The summed E-state index contributed by atoms with van der Waals surface area (Å²) in [5.41, 5.74) is 0.00390. The van der Waals surface area contributed by atoms with E-state index in [4.69, 9.17) is 16.7 Å². The van der Waals surface area contributed by atoms with Crippen LogP contribution in [0, 0.1) is 5.92 Å². The second kappa shape index (κ2) is 4.72. The Balaban J connectivity index is 2.04. The Morgan fingerprint density at radius 2 is 2.10 bits per heavy atom. The smallest absolute Gasteiger partial charge is 0.257 e. The van der Waals surface area contributed by atoms with E-state index in [1.165, 1.54) is 18.2 Å². The summed E-state index contributed by atoms with van der Waals surface area (Å²) < 4.78 is 23.3. The van der Waals surface area contributed by atoms with Crippen LogP contribution in [-0.4, -0.2) is 31.8 Å². The number of carbonyl (C=O) groups is 1. The van der Waals surface area contributed by atoms with E-state index in [2.05, 4.69) is 0 Å². The first-order valence-electron chi connectivity index (χ1n) is 6.50. The Morgan fingerprint density at radius 3 is 2.65 bits per heavy atom. The minimum atomic E-state index is -3.98. The van der Waals surface area contributed by atoms with Crippen LogP contribution in [-0.2, 0) is 10.0 Å². The van der Waals surface area contributed by atoms with E-state index in [9.17, 15) is 13.2 Å². The van der Waals surface area contributed by atoms with Crippen molar-refractivity contribution in [3.63, 3.8) is 0 Å². The number of fused-ring (bicyclic) bond motifs is 2. The molecule has 1 aliphatic heterocycles. The number of carbonyl (C=O) groups excluding carboxylic acids is 1. The summed E-state index contributed by atoms with van der Waals surface area (Å²) in [6.07, 6.45) is 3.12. The first-order chi connectivity index (χ1) is 9.38. The zero-order valence-corrected chi connectivity index (χ0v) is 12.3. The van der Waals surface area contributed by atoms with Crippen molar-refractivity contribution in [3.8, 4) is 0 Å². The minimum absolute atomic E-state index is 0.00390. The number of rotatable bonds is 2. The Morgan fingerprint density at radius 1 is 1.35 bits per heavy atom. The number of halogens is 1. The molecule has 1 aromatic carbocycles. The topological polar surface area (TPSA) is 80.5 Å². The quantitative estimate of drug-likeness (QED) is 0.900. The van der Waals surface area contributed by atoms with E-state index in [0.29, 0.717) is 12.5 Å². The van der Waals surface area contributed by atoms with Gasteiger partial charge in [0.2, 0.25) is 10.0 Å². The van der Waals surface area contributed by atoms with Gasteiger partial charge in [-0.2, -0.15) is 0 Å². The molecule has 0 aromatic heterocycles. The number of likely N-dealkylation sites (tertiary alicyclic amines) is 1. The third-order valence-electron chi connectivity index (χ3n) is 4.17. The van der Waals surface area contributed by atoms with Crippen LogP contribution in [0.3, 0.4) is 0 Å². The summed E-state index contributed by atoms with van der Waals surface area (Å²) in [6.45, 7) is 0.679. The zero-order valence-electron chi connectivity index (χ0n) is 10.8. The van der Waals surface area contributed by atoms with E-state index in [1.807, 2.05) is 0 Å². The molecule has 1 heterocycles. The lowest BCUT2D eigenvalue weighted by Gasteiger charge is -2.28. The Kier molecular flexibility index (Phi) is 3.27. The number of nitrogens with two attached hydrogens (primary N) is 1. The molecular weight excluding hydrogens is 300 g/mol. The van der Waals surface area contributed by atoms with Crippen molar-refractivity contribution >= 4 is 27.5 Å². The van der Waals surface area contributed by atoms with Crippen LogP contribution in [0.4, 0.5) is 0 Å². The summed E-state index contributed by atoms with van der Waals surface area (Å²) in [5.74, 6) is 0.205. The lowest BCUT2D eigenvalue weighted by atomic mass is 10.1. The summed E-state index contributed by atoms with van der Waals surface area (Å²) >= 11 is 6.04. The molecule has 3 rings (SSSR count). The van der Waals surface area contributed by atoms with Gasteiger partial charge in [-0.15, -0.1) is 0 Å². The average Bonchev–Trinajstić information content (AvgIpc) is 2.98.